The Bertz CT molecular complexity index is 1070. The molecule has 1 aliphatic carbocycles. The van der Waals surface area contributed by atoms with Gasteiger partial charge in [0.2, 0.25) is 5.91 Å². The molecule has 0 radical (unpaired) electrons. The van der Waals surface area contributed by atoms with Gasteiger partial charge < -0.3 is 9.32 Å². The number of para-hydroxylation sites is 2. The summed E-state index contributed by atoms with van der Waals surface area (Å²) in [7, 11) is 0. The van der Waals surface area contributed by atoms with Gasteiger partial charge in [0.15, 0.2) is 5.58 Å². The van der Waals surface area contributed by atoms with Gasteiger partial charge in [0, 0.05) is 31.7 Å². The molecule has 0 spiro atoms. The topological polar surface area (TPSA) is 58.7 Å². The summed E-state index contributed by atoms with van der Waals surface area (Å²) in [4.78, 5) is 30.1. The molecule has 5 rings (SSSR count). The van der Waals surface area contributed by atoms with Gasteiger partial charge in [-0.3, -0.25) is 14.3 Å². The van der Waals surface area contributed by atoms with Gasteiger partial charge in [0.05, 0.1) is 5.52 Å². The smallest absolute Gasteiger partial charge is 0.408 e. The van der Waals surface area contributed by atoms with E-state index in [4.69, 9.17) is 4.42 Å². The number of hydrogen-bond acceptors (Lipinski definition) is 4. The van der Waals surface area contributed by atoms with Crippen molar-refractivity contribution in [1.82, 2.24) is 14.4 Å². The molecule has 1 aromatic heterocycles. The number of nitrogens with zero attached hydrogens (tertiary/aromatic N) is 3. The van der Waals surface area contributed by atoms with E-state index in [0.29, 0.717) is 23.7 Å². The molecule has 1 saturated heterocycles. The van der Waals surface area contributed by atoms with E-state index >= 15 is 0 Å². The van der Waals surface area contributed by atoms with Crippen LogP contribution in [0.4, 0.5) is 0 Å². The molecule has 1 aliphatic heterocycles. The Morgan fingerprint density at radius 2 is 1.76 bits per heavy atom. The molecule has 150 valence electrons. The lowest BCUT2D eigenvalue weighted by atomic mass is 10.0. The van der Waals surface area contributed by atoms with Crippen LogP contribution in [0.3, 0.4) is 0 Å². The molecule has 29 heavy (non-hydrogen) atoms. The van der Waals surface area contributed by atoms with Crippen molar-refractivity contribution < 1.29 is 9.21 Å². The number of rotatable bonds is 5. The second-order valence-electron chi connectivity index (χ2n) is 8.08. The van der Waals surface area contributed by atoms with E-state index in [9.17, 15) is 9.59 Å². The van der Waals surface area contributed by atoms with Crippen molar-refractivity contribution >= 4 is 17.0 Å². The predicted molar refractivity (Wildman–Crippen MR) is 111 cm³/mol. The molecule has 1 amide bonds. The molecule has 0 N–H and O–H groups in total. The number of amides is 1. The van der Waals surface area contributed by atoms with Gasteiger partial charge in [-0.25, -0.2) is 4.79 Å². The summed E-state index contributed by atoms with van der Waals surface area (Å²) in [5.41, 5.74) is 2.42. The highest BCUT2D eigenvalue weighted by Gasteiger charge is 2.37. The molecule has 1 atom stereocenters. The summed E-state index contributed by atoms with van der Waals surface area (Å²) in [5.74, 6) is -0.495. The van der Waals surface area contributed by atoms with E-state index in [1.807, 2.05) is 41.3 Å². The zero-order chi connectivity index (χ0) is 19.8. The van der Waals surface area contributed by atoms with Gasteiger partial charge in [-0.15, -0.1) is 0 Å². The Labute approximate surface area is 169 Å². The Kier molecular flexibility index (Phi) is 4.72. The Balaban J connectivity index is 1.38. The van der Waals surface area contributed by atoms with Crippen molar-refractivity contribution in [2.75, 3.05) is 19.6 Å². The highest BCUT2D eigenvalue weighted by atomic mass is 16.4. The third-order valence-electron chi connectivity index (χ3n) is 6.08. The molecule has 2 fully saturated rings. The van der Waals surface area contributed by atoms with Gasteiger partial charge in [0.25, 0.3) is 0 Å². The van der Waals surface area contributed by atoms with Crippen LogP contribution in [0.15, 0.2) is 63.8 Å². The lowest BCUT2D eigenvalue weighted by Crippen LogP contribution is -2.57. The molecule has 0 bridgehead atoms. The quantitative estimate of drug-likeness (QED) is 0.671. The first-order valence-electron chi connectivity index (χ1n) is 10.3. The number of carbonyl (C=O) groups excluding carboxylic acids is 1. The van der Waals surface area contributed by atoms with E-state index in [1.54, 1.807) is 6.07 Å². The zero-order valence-electron chi connectivity index (χ0n) is 16.4. The van der Waals surface area contributed by atoms with Crippen LogP contribution < -0.4 is 5.76 Å². The summed E-state index contributed by atoms with van der Waals surface area (Å²) in [5, 5.41) is 0. The molecule has 6 heteroatoms. The normalized spacial score (nSPS) is 20.3. The standard InChI is InChI=1S/C23H25N3O3/c27-22(16-26-20-8-4-5-9-21(20)29-23(26)28)25-13-12-24(18-10-11-18)15-19(25)14-17-6-2-1-3-7-17/h1-9,18-19H,10-16H2. The SMILES string of the molecule is O=C(Cn1c(=O)oc2ccccc21)N1CCN(C2CC2)CC1Cc1ccccc1. The fourth-order valence-electron chi connectivity index (χ4n) is 4.43. The summed E-state index contributed by atoms with van der Waals surface area (Å²) < 4.78 is 6.74. The van der Waals surface area contributed by atoms with Crippen LogP contribution in [0.25, 0.3) is 11.1 Å². The van der Waals surface area contributed by atoms with Gasteiger partial charge in [-0.1, -0.05) is 42.5 Å². The van der Waals surface area contributed by atoms with Crippen molar-refractivity contribution in [1.29, 1.82) is 0 Å². The molecule has 1 saturated carbocycles. The minimum absolute atomic E-state index is 0.0184. The fraction of sp³-hybridized carbons (Fsp3) is 0.391. The van der Waals surface area contributed by atoms with E-state index in [-0.39, 0.29) is 18.5 Å². The van der Waals surface area contributed by atoms with Crippen LogP contribution in [-0.4, -0.2) is 52.0 Å². The zero-order valence-corrected chi connectivity index (χ0v) is 16.4. The Hall–Kier alpha value is -2.86. The average molecular weight is 391 g/mol. The molecule has 3 aromatic rings. The summed E-state index contributed by atoms with van der Waals surface area (Å²) in [6, 6.07) is 18.4. The second-order valence-corrected chi connectivity index (χ2v) is 8.08. The molecule has 6 nitrogen and oxygen atoms in total. The van der Waals surface area contributed by atoms with E-state index < -0.39 is 5.76 Å². The molecule has 2 aliphatic rings. The highest BCUT2D eigenvalue weighted by Crippen LogP contribution is 2.29. The van der Waals surface area contributed by atoms with Gasteiger partial charge >= 0.3 is 5.76 Å². The molecule has 1 unspecified atom stereocenters. The Morgan fingerprint density at radius 3 is 2.55 bits per heavy atom. The highest BCUT2D eigenvalue weighted by molar-refractivity contribution is 5.80. The lowest BCUT2D eigenvalue weighted by Gasteiger charge is -2.42. The first-order valence-corrected chi connectivity index (χ1v) is 10.3. The molecular formula is C23H25N3O3. The lowest BCUT2D eigenvalue weighted by molar-refractivity contribution is -0.137. The predicted octanol–water partition coefficient (Wildman–Crippen LogP) is 2.51. The number of carbonyl (C=O) groups is 1. The maximum absolute atomic E-state index is 13.3. The van der Waals surface area contributed by atoms with Crippen molar-refractivity contribution in [2.24, 2.45) is 0 Å². The third kappa shape index (κ3) is 3.72. The molecule has 2 aromatic carbocycles. The fourth-order valence-corrected chi connectivity index (χ4v) is 4.43. The third-order valence-corrected chi connectivity index (χ3v) is 6.08. The van der Waals surface area contributed by atoms with E-state index in [0.717, 1.165) is 19.5 Å². The van der Waals surface area contributed by atoms with Gasteiger partial charge in [-0.05, 0) is 37.0 Å². The number of aromatic nitrogens is 1. The second kappa shape index (κ2) is 7.52. The summed E-state index contributed by atoms with van der Waals surface area (Å²) in [6.07, 6.45) is 3.36. The van der Waals surface area contributed by atoms with Crippen LogP contribution in [0.5, 0.6) is 0 Å². The largest absolute Gasteiger partial charge is 0.420 e. The van der Waals surface area contributed by atoms with E-state index in [2.05, 4.69) is 17.0 Å². The van der Waals surface area contributed by atoms with E-state index in [1.165, 1.54) is 23.0 Å². The molecular weight excluding hydrogens is 366 g/mol. The number of hydrogen-bond donors (Lipinski definition) is 0. The number of fused-ring (bicyclic) bond motifs is 1. The Morgan fingerprint density at radius 1 is 1.00 bits per heavy atom. The van der Waals surface area contributed by atoms with Gasteiger partial charge in [0.1, 0.15) is 6.54 Å². The summed E-state index contributed by atoms with van der Waals surface area (Å²) >= 11 is 0. The van der Waals surface area contributed by atoms with Crippen molar-refractivity contribution in [2.45, 2.75) is 37.9 Å². The first kappa shape index (κ1) is 18.2. The maximum Gasteiger partial charge on any atom is 0.420 e. The van der Waals surface area contributed by atoms with Crippen molar-refractivity contribution in [3.8, 4) is 0 Å². The monoisotopic (exact) mass is 391 g/mol. The van der Waals surface area contributed by atoms with Crippen LogP contribution in [0, 0.1) is 0 Å². The van der Waals surface area contributed by atoms with Crippen molar-refractivity contribution in [3.05, 3.63) is 70.7 Å². The first-order chi connectivity index (χ1) is 14.2. The minimum Gasteiger partial charge on any atom is -0.408 e. The van der Waals surface area contributed by atoms with Crippen LogP contribution in [-0.2, 0) is 17.8 Å². The van der Waals surface area contributed by atoms with Gasteiger partial charge in [-0.2, -0.15) is 0 Å². The van der Waals surface area contributed by atoms with Crippen molar-refractivity contribution in [3.63, 3.8) is 0 Å². The summed E-state index contributed by atoms with van der Waals surface area (Å²) in [6.45, 7) is 2.52. The number of oxazole rings is 1. The maximum atomic E-state index is 13.3. The minimum atomic E-state index is -0.476. The van der Waals surface area contributed by atoms with Crippen LogP contribution >= 0.6 is 0 Å². The molecule has 2 heterocycles. The number of benzene rings is 2. The number of piperazine rings is 1. The van der Waals surface area contributed by atoms with Crippen LogP contribution in [0.2, 0.25) is 0 Å². The van der Waals surface area contributed by atoms with Crippen LogP contribution in [0.1, 0.15) is 18.4 Å². The average Bonchev–Trinajstić information content (AvgIpc) is 3.54.